The van der Waals surface area contributed by atoms with Crippen LogP contribution in [0, 0.1) is 17.7 Å². The first-order valence-corrected chi connectivity index (χ1v) is 8.62. The molecule has 1 saturated carbocycles. The molecule has 0 aromatic heterocycles. The van der Waals surface area contributed by atoms with Crippen molar-refractivity contribution in [1.29, 1.82) is 0 Å². The molecule has 1 aliphatic heterocycles. The highest BCUT2D eigenvalue weighted by Crippen LogP contribution is 2.61. The molecule has 0 spiro atoms. The van der Waals surface area contributed by atoms with Gasteiger partial charge in [-0.2, -0.15) is 0 Å². The molecule has 2 fully saturated rings. The maximum absolute atomic E-state index is 14.4. The lowest BCUT2D eigenvalue weighted by atomic mass is 9.89. The summed E-state index contributed by atoms with van der Waals surface area (Å²) in [7, 11) is 0. The molecular formula is C20H22ClFN2O2. The minimum atomic E-state index is -0.461. The molecule has 2 N–H and O–H groups in total. The fourth-order valence-electron chi connectivity index (χ4n) is 4.24. The number of ether oxygens (including phenoxy) is 1. The molecule has 2 aromatic carbocycles. The topological polar surface area (TPSA) is 50.4 Å². The monoisotopic (exact) mass is 376 g/mol. The lowest BCUT2D eigenvalue weighted by molar-refractivity contribution is 0.138. The molecule has 1 amide bonds. The van der Waals surface area contributed by atoms with E-state index in [1.165, 1.54) is 6.07 Å². The predicted molar refractivity (Wildman–Crippen MR) is 99.8 cm³/mol. The summed E-state index contributed by atoms with van der Waals surface area (Å²) < 4.78 is 19.6. The second-order valence-electron chi connectivity index (χ2n) is 6.81. The molecule has 0 radical (unpaired) electrons. The van der Waals surface area contributed by atoms with E-state index in [0.717, 1.165) is 18.7 Å². The van der Waals surface area contributed by atoms with Crippen molar-refractivity contribution in [3.05, 3.63) is 71.5 Å². The van der Waals surface area contributed by atoms with Gasteiger partial charge in [-0.3, -0.25) is 0 Å². The van der Waals surface area contributed by atoms with Gasteiger partial charge in [0.25, 0.3) is 0 Å². The molecule has 138 valence electrons. The van der Waals surface area contributed by atoms with Gasteiger partial charge >= 0.3 is 6.09 Å². The Hall–Kier alpha value is -2.11. The van der Waals surface area contributed by atoms with Crippen molar-refractivity contribution < 1.29 is 13.9 Å². The minimum Gasteiger partial charge on any atom is -0.445 e. The van der Waals surface area contributed by atoms with Crippen LogP contribution >= 0.6 is 12.4 Å². The Morgan fingerprint density at radius 2 is 1.77 bits per heavy atom. The third kappa shape index (κ3) is 3.29. The quantitative estimate of drug-likeness (QED) is 0.842. The summed E-state index contributed by atoms with van der Waals surface area (Å²) in [5, 5.41) is 6.19. The summed E-state index contributed by atoms with van der Waals surface area (Å²) in [5.74, 6) is 0.522. The SMILES string of the molecule is Cl.O=C(NCC1(c2ccccc2F)[C@@H]2CNC[C@@H]21)OCc1ccccc1. The Morgan fingerprint density at radius 3 is 2.46 bits per heavy atom. The van der Waals surface area contributed by atoms with E-state index in [1.54, 1.807) is 6.07 Å². The number of benzene rings is 2. The molecule has 4 rings (SSSR count). The molecule has 1 aliphatic carbocycles. The number of fused-ring (bicyclic) bond motifs is 1. The summed E-state index contributed by atoms with van der Waals surface area (Å²) >= 11 is 0. The van der Waals surface area contributed by atoms with Crippen LogP contribution in [0.1, 0.15) is 11.1 Å². The van der Waals surface area contributed by atoms with Crippen molar-refractivity contribution in [2.45, 2.75) is 12.0 Å². The summed E-state index contributed by atoms with van der Waals surface area (Å²) in [6, 6.07) is 16.4. The normalized spacial score (nSPS) is 25.7. The predicted octanol–water partition coefficient (Wildman–Crippen LogP) is 3.26. The van der Waals surface area contributed by atoms with Gasteiger partial charge in [0, 0.05) is 12.0 Å². The highest BCUT2D eigenvalue weighted by atomic mass is 35.5. The average molecular weight is 377 g/mol. The van der Waals surface area contributed by atoms with E-state index in [9.17, 15) is 9.18 Å². The highest BCUT2D eigenvalue weighted by Gasteiger charge is 2.67. The van der Waals surface area contributed by atoms with Crippen LogP contribution in [0.4, 0.5) is 9.18 Å². The van der Waals surface area contributed by atoms with Crippen molar-refractivity contribution in [3.8, 4) is 0 Å². The molecule has 4 nitrogen and oxygen atoms in total. The van der Waals surface area contributed by atoms with Crippen LogP contribution in [0.2, 0.25) is 0 Å². The minimum absolute atomic E-state index is 0. The molecule has 0 bridgehead atoms. The van der Waals surface area contributed by atoms with Gasteiger partial charge in [-0.1, -0.05) is 48.5 Å². The van der Waals surface area contributed by atoms with E-state index >= 15 is 0 Å². The molecule has 2 aliphatic rings. The summed E-state index contributed by atoms with van der Waals surface area (Å²) in [6.45, 7) is 2.35. The van der Waals surface area contributed by atoms with Crippen LogP contribution in [0.25, 0.3) is 0 Å². The van der Waals surface area contributed by atoms with Gasteiger partial charge in [-0.15, -0.1) is 12.4 Å². The Morgan fingerprint density at radius 1 is 1.12 bits per heavy atom. The second-order valence-corrected chi connectivity index (χ2v) is 6.81. The Balaban J connectivity index is 0.00000196. The third-order valence-corrected chi connectivity index (χ3v) is 5.54. The van der Waals surface area contributed by atoms with E-state index in [0.29, 0.717) is 23.9 Å². The van der Waals surface area contributed by atoms with Gasteiger partial charge in [0.2, 0.25) is 0 Å². The summed E-state index contributed by atoms with van der Waals surface area (Å²) in [6.07, 6.45) is -0.461. The van der Waals surface area contributed by atoms with Crippen molar-refractivity contribution in [2.75, 3.05) is 19.6 Å². The summed E-state index contributed by atoms with van der Waals surface area (Å²) in [4.78, 5) is 12.1. The molecule has 1 unspecified atom stereocenters. The highest BCUT2D eigenvalue weighted by molar-refractivity contribution is 5.85. The Bertz CT molecular complexity index is 761. The number of hydrogen-bond donors (Lipinski definition) is 2. The van der Waals surface area contributed by atoms with Gasteiger partial charge in [0.05, 0.1) is 0 Å². The molecule has 1 heterocycles. The molecule has 26 heavy (non-hydrogen) atoms. The van der Waals surface area contributed by atoms with Crippen LogP contribution in [-0.4, -0.2) is 25.7 Å². The van der Waals surface area contributed by atoms with Crippen molar-refractivity contribution in [2.24, 2.45) is 11.8 Å². The van der Waals surface area contributed by atoms with E-state index < -0.39 is 6.09 Å². The first-order valence-electron chi connectivity index (χ1n) is 8.62. The number of halogens is 2. The smallest absolute Gasteiger partial charge is 0.407 e. The molecule has 3 atom stereocenters. The lowest BCUT2D eigenvalue weighted by Crippen LogP contribution is -2.38. The fraction of sp³-hybridized carbons (Fsp3) is 0.350. The number of hydrogen-bond acceptors (Lipinski definition) is 3. The molecule has 1 saturated heterocycles. The zero-order valence-corrected chi connectivity index (χ0v) is 15.1. The van der Waals surface area contributed by atoms with Crippen LogP contribution in [-0.2, 0) is 16.8 Å². The number of piperidine rings is 1. The molecule has 2 aromatic rings. The van der Waals surface area contributed by atoms with E-state index in [2.05, 4.69) is 10.6 Å². The maximum atomic E-state index is 14.4. The Kier molecular flexibility index (Phi) is 5.49. The maximum Gasteiger partial charge on any atom is 0.407 e. The van der Waals surface area contributed by atoms with E-state index in [-0.39, 0.29) is 30.2 Å². The van der Waals surface area contributed by atoms with Crippen LogP contribution in [0.15, 0.2) is 54.6 Å². The van der Waals surface area contributed by atoms with Gasteiger partial charge in [0.1, 0.15) is 12.4 Å². The molecule has 6 heteroatoms. The van der Waals surface area contributed by atoms with E-state index in [1.807, 2.05) is 42.5 Å². The zero-order chi connectivity index (χ0) is 17.3. The van der Waals surface area contributed by atoms with Gasteiger partial charge in [-0.25, -0.2) is 9.18 Å². The first-order chi connectivity index (χ1) is 12.2. The average Bonchev–Trinajstić information content (AvgIpc) is 2.99. The number of alkyl carbamates (subject to hydrolysis) is 1. The first kappa shape index (κ1) is 18.7. The van der Waals surface area contributed by atoms with E-state index in [4.69, 9.17) is 4.74 Å². The standard InChI is InChI=1S/C20H21FN2O2.ClH/c21-18-9-5-4-8-15(18)20(16-10-22-11-17(16)20)13-23-19(24)25-12-14-6-2-1-3-7-14;/h1-9,16-17,22H,10-13H2,(H,23,24);1H/t16-,17+,20?;. The van der Waals surface area contributed by atoms with Crippen LogP contribution in [0.3, 0.4) is 0 Å². The lowest BCUT2D eigenvalue weighted by Gasteiger charge is -2.23. The largest absolute Gasteiger partial charge is 0.445 e. The number of nitrogens with one attached hydrogen (secondary N) is 2. The third-order valence-electron chi connectivity index (χ3n) is 5.54. The van der Waals surface area contributed by atoms with Gasteiger partial charge in [-0.05, 0) is 42.1 Å². The molecular weight excluding hydrogens is 355 g/mol. The number of carbonyl (C=O) groups excluding carboxylic acids is 1. The second kappa shape index (κ2) is 7.64. The van der Waals surface area contributed by atoms with Gasteiger partial charge < -0.3 is 15.4 Å². The fourth-order valence-corrected chi connectivity index (χ4v) is 4.24. The number of carbonyl (C=O) groups is 1. The van der Waals surface area contributed by atoms with Crippen molar-refractivity contribution in [3.63, 3.8) is 0 Å². The van der Waals surface area contributed by atoms with Crippen LogP contribution in [0.5, 0.6) is 0 Å². The number of amides is 1. The van der Waals surface area contributed by atoms with Crippen molar-refractivity contribution in [1.82, 2.24) is 10.6 Å². The summed E-state index contributed by atoms with van der Waals surface area (Å²) in [5.41, 5.74) is 1.33. The van der Waals surface area contributed by atoms with Crippen molar-refractivity contribution >= 4 is 18.5 Å². The van der Waals surface area contributed by atoms with Crippen LogP contribution < -0.4 is 10.6 Å². The number of rotatable bonds is 5. The Labute approximate surface area is 158 Å². The zero-order valence-electron chi connectivity index (χ0n) is 14.3. The van der Waals surface area contributed by atoms with Gasteiger partial charge in [0.15, 0.2) is 0 Å².